The summed E-state index contributed by atoms with van der Waals surface area (Å²) in [5.41, 5.74) is 0.797. The van der Waals surface area contributed by atoms with Gasteiger partial charge in [-0.05, 0) is 53.7 Å². The highest BCUT2D eigenvalue weighted by Crippen LogP contribution is 2.39. The average Bonchev–Trinajstić information content (AvgIpc) is 3.75. The largest absolute Gasteiger partial charge is 0.434 e. The maximum atomic E-state index is 14.9. The molecule has 0 amide bonds. The zero-order valence-electron chi connectivity index (χ0n) is 21.1. The summed E-state index contributed by atoms with van der Waals surface area (Å²) in [6, 6.07) is 12.8. The molecule has 0 bridgehead atoms. The van der Waals surface area contributed by atoms with Crippen LogP contribution in [-0.2, 0) is 15.6 Å². The first-order chi connectivity index (χ1) is 18.3. The van der Waals surface area contributed by atoms with E-state index in [9.17, 15) is 22.0 Å². The zero-order chi connectivity index (χ0) is 26.9. The van der Waals surface area contributed by atoms with Gasteiger partial charge in [0.25, 0.3) is 0 Å². The van der Waals surface area contributed by atoms with E-state index in [0.717, 1.165) is 37.8 Å². The molecule has 1 aliphatic heterocycles. The molecule has 3 aromatic rings. The topological polar surface area (TPSA) is 21.8 Å². The minimum atomic E-state index is -3.80. The maximum Gasteiger partial charge on any atom is 0.429 e. The van der Waals surface area contributed by atoms with Gasteiger partial charge in [0.2, 0.25) is 0 Å². The van der Waals surface area contributed by atoms with Crippen molar-refractivity contribution in [3.8, 4) is 22.3 Å². The van der Waals surface area contributed by atoms with E-state index in [2.05, 4.69) is 6.92 Å². The lowest BCUT2D eigenvalue weighted by Gasteiger charge is -2.26. The molecule has 0 saturated carbocycles. The van der Waals surface area contributed by atoms with Crippen LogP contribution in [0.2, 0.25) is 0 Å². The van der Waals surface area contributed by atoms with Crippen LogP contribution >= 0.6 is 0 Å². The fraction of sp³-hybridized carbons (Fsp3) is 0.355. The number of alkyl halides is 2. The minimum absolute atomic E-state index is 0.0884. The van der Waals surface area contributed by atoms with Crippen molar-refractivity contribution in [2.24, 2.45) is 5.92 Å². The van der Waals surface area contributed by atoms with Crippen LogP contribution in [0.3, 0.4) is 0 Å². The normalized spacial score (nSPS) is 19.3. The Balaban J connectivity index is 1.29. The summed E-state index contributed by atoms with van der Waals surface area (Å²) < 4.78 is 83.6. The van der Waals surface area contributed by atoms with Gasteiger partial charge in [0.05, 0.1) is 17.9 Å². The predicted octanol–water partition coefficient (Wildman–Crippen LogP) is 9.45. The molecule has 1 aliphatic carbocycles. The molecule has 1 fully saturated rings. The van der Waals surface area contributed by atoms with Crippen molar-refractivity contribution in [3.63, 3.8) is 0 Å². The Morgan fingerprint density at radius 2 is 1.63 bits per heavy atom. The Morgan fingerprint density at radius 1 is 0.921 bits per heavy atom. The monoisotopic (exact) mass is 528 g/mol. The van der Waals surface area contributed by atoms with Gasteiger partial charge in [-0.2, -0.15) is 8.78 Å². The van der Waals surface area contributed by atoms with E-state index in [1.54, 1.807) is 30.3 Å². The van der Waals surface area contributed by atoms with Crippen LogP contribution in [0.25, 0.3) is 22.3 Å². The zero-order valence-corrected chi connectivity index (χ0v) is 21.1. The molecule has 1 heterocycles. The third-order valence-electron chi connectivity index (χ3n) is 7.31. The highest BCUT2D eigenvalue weighted by Gasteiger charge is 2.38. The Labute approximate surface area is 219 Å². The Bertz CT molecular complexity index is 1330. The lowest BCUT2D eigenvalue weighted by atomic mass is 9.89. The maximum absolute atomic E-state index is 14.9. The number of hydrogen-bond donors (Lipinski definition) is 0. The van der Waals surface area contributed by atoms with Crippen molar-refractivity contribution in [2.75, 3.05) is 6.61 Å². The summed E-state index contributed by atoms with van der Waals surface area (Å²) >= 11 is 0. The smallest absolute Gasteiger partial charge is 0.429 e. The van der Waals surface area contributed by atoms with Crippen LogP contribution in [0, 0.1) is 23.4 Å². The van der Waals surface area contributed by atoms with E-state index in [1.165, 1.54) is 18.2 Å². The van der Waals surface area contributed by atoms with Crippen molar-refractivity contribution < 1.29 is 31.4 Å². The summed E-state index contributed by atoms with van der Waals surface area (Å²) in [4.78, 5) is 0. The SMILES string of the molecule is CCCCC1CC=C(OC(F)(F)c2ccc(-c3ccc(-c4ccc(C5CO5)c(F)c4F)cc3)cc2F)CC1. The van der Waals surface area contributed by atoms with E-state index in [0.29, 0.717) is 42.1 Å². The predicted molar refractivity (Wildman–Crippen MR) is 136 cm³/mol. The number of ether oxygens (including phenoxy) is 2. The molecule has 0 spiro atoms. The molecule has 3 aromatic carbocycles. The van der Waals surface area contributed by atoms with Gasteiger partial charge >= 0.3 is 6.11 Å². The standard InChI is InChI=1S/C31H29F5O2/c1-2-3-4-19-5-12-23(13-6-19)38-31(35,36)26-16-11-22(17-27(26)32)20-7-9-21(10-8-20)24-14-15-25(28-18-37-28)30(34)29(24)33/h7-12,14-17,19,28H,2-6,13,18H2,1H3. The molecule has 2 nitrogen and oxygen atoms in total. The van der Waals surface area contributed by atoms with Crippen LogP contribution in [0.15, 0.2) is 66.4 Å². The van der Waals surface area contributed by atoms with Crippen LogP contribution in [0.4, 0.5) is 22.0 Å². The van der Waals surface area contributed by atoms with Gasteiger partial charge in [0.1, 0.15) is 11.9 Å². The first-order valence-corrected chi connectivity index (χ1v) is 13.0. The van der Waals surface area contributed by atoms with E-state index < -0.39 is 35.2 Å². The van der Waals surface area contributed by atoms with E-state index in [1.807, 2.05) is 0 Å². The summed E-state index contributed by atoms with van der Waals surface area (Å²) in [5.74, 6) is -2.31. The molecule has 0 aromatic heterocycles. The third kappa shape index (κ3) is 5.63. The number of halogens is 5. The van der Waals surface area contributed by atoms with E-state index >= 15 is 0 Å². The van der Waals surface area contributed by atoms with Gasteiger partial charge in [-0.15, -0.1) is 0 Å². The second-order valence-corrected chi connectivity index (χ2v) is 10.00. The van der Waals surface area contributed by atoms with Crippen LogP contribution < -0.4 is 0 Å². The van der Waals surface area contributed by atoms with Crippen molar-refractivity contribution in [3.05, 3.63) is 95.0 Å². The summed E-state index contributed by atoms with van der Waals surface area (Å²) in [7, 11) is 0. The van der Waals surface area contributed by atoms with Crippen LogP contribution in [-0.4, -0.2) is 6.61 Å². The molecule has 5 rings (SSSR count). The molecule has 38 heavy (non-hydrogen) atoms. The molecular formula is C31H29F5O2. The first kappa shape index (κ1) is 26.4. The number of epoxide rings is 1. The Morgan fingerprint density at radius 3 is 2.26 bits per heavy atom. The van der Waals surface area contributed by atoms with Gasteiger partial charge in [-0.3, -0.25) is 0 Å². The number of allylic oxidation sites excluding steroid dienone is 2. The van der Waals surface area contributed by atoms with Crippen LogP contribution in [0.5, 0.6) is 0 Å². The lowest BCUT2D eigenvalue weighted by Crippen LogP contribution is -2.21. The second-order valence-electron chi connectivity index (χ2n) is 10.00. The number of benzene rings is 3. The fourth-order valence-corrected chi connectivity index (χ4v) is 4.97. The van der Waals surface area contributed by atoms with Crippen molar-refractivity contribution in [1.29, 1.82) is 0 Å². The molecule has 1 saturated heterocycles. The molecule has 0 N–H and O–H groups in total. The van der Waals surface area contributed by atoms with E-state index in [-0.39, 0.29) is 16.9 Å². The van der Waals surface area contributed by atoms with Crippen molar-refractivity contribution in [1.82, 2.24) is 0 Å². The fourth-order valence-electron chi connectivity index (χ4n) is 4.97. The highest BCUT2D eigenvalue weighted by atomic mass is 19.3. The van der Waals surface area contributed by atoms with Crippen LogP contribution in [0.1, 0.15) is 62.7 Å². The van der Waals surface area contributed by atoms with Gasteiger partial charge < -0.3 is 9.47 Å². The van der Waals surface area contributed by atoms with E-state index in [4.69, 9.17) is 9.47 Å². The van der Waals surface area contributed by atoms with Gasteiger partial charge in [-0.1, -0.05) is 68.7 Å². The summed E-state index contributed by atoms with van der Waals surface area (Å²) in [6.07, 6.45) is 2.68. The number of hydrogen-bond acceptors (Lipinski definition) is 2. The van der Waals surface area contributed by atoms with Gasteiger partial charge in [0, 0.05) is 17.5 Å². The molecule has 200 valence electrons. The van der Waals surface area contributed by atoms with Gasteiger partial charge in [-0.25, -0.2) is 13.2 Å². The average molecular weight is 529 g/mol. The molecule has 0 radical (unpaired) electrons. The summed E-state index contributed by atoms with van der Waals surface area (Å²) in [5, 5.41) is 0. The third-order valence-corrected chi connectivity index (χ3v) is 7.31. The molecule has 2 atom stereocenters. The molecule has 7 heteroatoms. The lowest BCUT2D eigenvalue weighted by molar-refractivity contribution is -0.228. The highest BCUT2D eigenvalue weighted by molar-refractivity contribution is 5.71. The number of unbranched alkanes of at least 4 members (excludes halogenated alkanes) is 1. The molecule has 2 unspecified atom stereocenters. The summed E-state index contributed by atoms with van der Waals surface area (Å²) in [6.45, 7) is 2.49. The Hall–Kier alpha value is -3.19. The molecular weight excluding hydrogens is 499 g/mol. The molecule has 2 aliphatic rings. The number of rotatable bonds is 9. The quantitative estimate of drug-likeness (QED) is 0.204. The van der Waals surface area contributed by atoms with Crippen molar-refractivity contribution >= 4 is 0 Å². The van der Waals surface area contributed by atoms with Gasteiger partial charge in [0.15, 0.2) is 11.6 Å². The minimum Gasteiger partial charge on any atom is -0.434 e. The first-order valence-electron chi connectivity index (χ1n) is 13.0. The van der Waals surface area contributed by atoms with Crippen molar-refractivity contribution in [2.45, 2.75) is 57.7 Å². The second kappa shape index (κ2) is 10.9. The Kier molecular flexibility index (Phi) is 7.57.